The van der Waals surface area contributed by atoms with Gasteiger partial charge in [0.1, 0.15) is 0 Å². The SMILES string of the molecule is CNS(=O)(=O)C=C1C=CC=C(Nc2nc(Nc3cccc(S(N)(=O)=O)c3)ncc2F)C1. The fourth-order valence-electron chi connectivity index (χ4n) is 2.60. The minimum absolute atomic E-state index is 0.0101. The van der Waals surface area contributed by atoms with Gasteiger partial charge in [0.05, 0.1) is 11.1 Å². The number of rotatable bonds is 7. The van der Waals surface area contributed by atoms with E-state index in [1.54, 1.807) is 24.3 Å². The van der Waals surface area contributed by atoms with E-state index in [-0.39, 0.29) is 23.1 Å². The first-order valence-corrected chi connectivity index (χ1v) is 11.9. The minimum Gasteiger partial charge on any atom is -0.341 e. The second kappa shape index (κ2) is 8.93. The summed E-state index contributed by atoms with van der Waals surface area (Å²) in [4.78, 5) is 7.80. The molecule has 0 amide bonds. The Morgan fingerprint density at radius 3 is 2.68 bits per heavy atom. The third-order valence-corrected chi connectivity index (χ3v) is 6.13. The van der Waals surface area contributed by atoms with Crippen molar-refractivity contribution < 1.29 is 21.2 Å². The Balaban J connectivity index is 1.80. The number of nitrogens with two attached hydrogens (primary N) is 1. The van der Waals surface area contributed by atoms with Crippen LogP contribution in [0.25, 0.3) is 0 Å². The molecule has 0 aliphatic heterocycles. The number of aromatic nitrogens is 2. The molecular formula is C18H19FN6O4S2. The zero-order valence-corrected chi connectivity index (χ0v) is 17.8. The minimum atomic E-state index is -3.89. The summed E-state index contributed by atoms with van der Waals surface area (Å²) in [6, 6.07) is 5.68. The molecular weight excluding hydrogens is 447 g/mol. The molecule has 5 N–H and O–H groups in total. The van der Waals surface area contributed by atoms with Gasteiger partial charge in [0.15, 0.2) is 11.6 Å². The molecule has 1 aromatic heterocycles. The third kappa shape index (κ3) is 6.18. The van der Waals surface area contributed by atoms with Crippen LogP contribution >= 0.6 is 0 Å². The predicted octanol–water partition coefficient (Wildman–Crippen LogP) is 1.70. The van der Waals surface area contributed by atoms with Crippen molar-refractivity contribution in [1.29, 1.82) is 0 Å². The Kier molecular flexibility index (Phi) is 6.50. The smallest absolute Gasteiger partial charge is 0.238 e. The van der Waals surface area contributed by atoms with Crippen molar-refractivity contribution in [1.82, 2.24) is 14.7 Å². The maximum absolute atomic E-state index is 14.2. The molecule has 0 atom stereocenters. The van der Waals surface area contributed by atoms with E-state index in [4.69, 9.17) is 5.14 Å². The molecule has 31 heavy (non-hydrogen) atoms. The van der Waals surface area contributed by atoms with Crippen molar-refractivity contribution in [2.24, 2.45) is 5.14 Å². The predicted molar refractivity (Wildman–Crippen MR) is 115 cm³/mol. The van der Waals surface area contributed by atoms with Crippen molar-refractivity contribution in [3.8, 4) is 0 Å². The fraction of sp³-hybridized carbons (Fsp3) is 0.111. The molecule has 164 valence electrons. The normalized spacial score (nSPS) is 15.6. The molecule has 0 fully saturated rings. The van der Waals surface area contributed by atoms with Gasteiger partial charge in [-0.2, -0.15) is 4.98 Å². The molecule has 0 unspecified atom stereocenters. The largest absolute Gasteiger partial charge is 0.341 e. The lowest BCUT2D eigenvalue weighted by molar-refractivity contribution is 0.595. The van der Waals surface area contributed by atoms with Crippen LogP contribution in [-0.2, 0) is 20.0 Å². The molecule has 1 heterocycles. The number of primary sulfonamides is 1. The maximum Gasteiger partial charge on any atom is 0.238 e. The van der Waals surface area contributed by atoms with Gasteiger partial charge in [0.25, 0.3) is 0 Å². The molecule has 10 nitrogen and oxygen atoms in total. The summed E-state index contributed by atoms with van der Waals surface area (Å²) in [6.07, 6.45) is 6.07. The van der Waals surface area contributed by atoms with E-state index in [1.807, 2.05) is 0 Å². The quantitative estimate of drug-likeness (QED) is 0.480. The average molecular weight is 467 g/mol. The third-order valence-electron chi connectivity index (χ3n) is 4.04. The Bertz CT molecular complexity index is 1300. The molecule has 0 bridgehead atoms. The van der Waals surface area contributed by atoms with Gasteiger partial charge < -0.3 is 10.6 Å². The van der Waals surface area contributed by atoms with E-state index < -0.39 is 25.9 Å². The molecule has 13 heteroatoms. The second-order valence-corrected chi connectivity index (χ2v) is 9.68. The Morgan fingerprint density at radius 2 is 1.97 bits per heavy atom. The van der Waals surface area contributed by atoms with E-state index >= 15 is 0 Å². The van der Waals surface area contributed by atoms with E-state index in [1.165, 1.54) is 25.2 Å². The summed E-state index contributed by atoms with van der Waals surface area (Å²) < 4.78 is 62.8. The van der Waals surface area contributed by atoms with Gasteiger partial charge in [-0.1, -0.05) is 18.2 Å². The summed E-state index contributed by atoms with van der Waals surface area (Å²) in [5.41, 5.74) is 1.35. The summed E-state index contributed by atoms with van der Waals surface area (Å²) in [5.74, 6) is -0.860. The number of anilines is 3. The summed E-state index contributed by atoms with van der Waals surface area (Å²) in [6.45, 7) is 0. The van der Waals surface area contributed by atoms with Crippen LogP contribution in [-0.4, -0.2) is 33.9 Å². The van der Waals surface area contributed by atoms with Gasteiger partial charge in [-0.25, -0.2) is 36.1 Å². The fourth-order valence-corrected chi connectivity index (χ4v) is 3.84. The molecule has 0 saturated heterocycles. The van der Waals surface area contributed by atoms with Gasteiger partial charge in [0.2, 0.25) is 26.0 Å². The number of halogens is 1. The van der Waals surface area contributed by atoms with E-state index in [2.05, 4.69) is 25.3 Å². The topological polar surface area (TPSA) is 156 Å². The maximum atomic E-state index is 14.2. The van der Waals surface area contributed by atoms with Crippen LogP contribution in [0.15, 0.2) is 70.3 Å². The van der Waals surface area contributed by atoms with Gasteiger partial charge in [-0.05, 0) is 36.9 Å². The van der Waals surface area contributed by atoms with E-state index in [9.17, 15) is 21.2 Å². The number of sulfonamides is 2. The van der Waals surface area contributed by atoms with Gasteiger partial charge in [-0.15, -0.1) is 0 Å². The lowest BCUT2D eigenvalue weighted by atomic mass is 10.1. The molecule has 0 saturated carbocycles. The highest BCUT2D eigenvalue weighted by atomic mass is 32.2. The first-order chi connectivity index (χ1) is 14.6. The first-order valence-electron chi connectivity index (χ1n) is 8.76. The number of hydrogen-bond acceptors (Lipinski definition) is 8. The molecule has 3 rings (SSSR count). The van der Waals surface area contributed by atoms with Gasteiger partial charge >= 0.3 is 0 Å². The van der Waals surface area contributed by atoms with Crippen LogP contribution < -0.4 is 20.5 Å². The first kappa shape index (κ1) is 22.6. The van der Waals surface area contributed by atoms with Crippen LogP contribution in [0.2, 0.25) is 0 Å². The second-order valence-electron chi connectivity index (χ2n) is 6.38. The van der Waals surface area contributed by atoms with Crippen molar-refractivity contribution in [2.45, 2.75) is 11.3 Å². The molecule has 1 aliphatic carbocycles. The zero-order chi connectivity index (χ0) is 22.6. The standard InChI is InChI=1S/C18H19FN6O4S2/c1-21-30(26,27)11-12-4-2-5-13(8-12)23-17-16(19)10-22-18(25-17)24-14-6-3-7-15(9-14)31(20,28)29/h2-7,9-11,21H,8H2,1H3,(H2,20,28,29)(H2,22,23,24,25). The number of nitrogens with one attached hydrogen (secondary N) is 3. The van der Waals surface area contributed by atoms with Crippen LogP contribution in [0.1, 0.15) is 6.42 Å². The summed E-state index contributed by atoms with van der Waals surface area (Å²) >= 11 is 0. The molecule has 0 radical (unpaired) electrons. The summed E-state index contributed by atoms with van der Waals surface area (Å²) in [5, 5.41) is 11.8. The highest BCUT2D eigenvalue weighted by Crippen LogP contribution is 2.23. The lowest BCUT2D eigenvalue weighted by Crippen LogP contribution is -2.16. The molecule has 2 aromatic rings. The lowest BCUT2D eigenvalue weighted by Gasteiger charge is -2.15. The van der Waals surface area contributed by atoms with Crippen molar-refractivity contribution in [3.05, 3.63) is 71.2 Å². The number of hydrogen-bond donors (Lipinski definition) is 4. The van der Waals surface area contributed by atoms with Crippen molar-refractivity contribution >= 4 is 37.5 Å². The van der Waals surface area contributed by atoms with E-state index in [0.717, 1.165) is 11.6 Å². The van der Waals surface area contributed by atoms with Crippen LogP contribution in [0.4, 0.5) is 21.8 Å². The number of nitrogens with zero attached hydrogens (tertiary/aromatic N) is 2. The van der Waals surface area contributed by atoms with Crippen molar-refractivity contribution in [2.75, 3.05) is 17.7 Å². The Hall–Kier alpha value is -3.13. The van der Waals surface area contributed by atoms with Crippen molar-refractivity contribution in [3.63, 3.8) is 0 Å². The Labute approximate surface area is 178 Å². The van der Waals surface area contributed by atoms with Crippen LogP contribution in [0.5, 0.6) is 0 Å². The number of benzene rings is 1. The zero-order valence-electron chi connectivity index (χ0n) is 16.2. The van der Waals surface area contributed by atoms with Crippen LogP contribution in [0, 0.1) is 5.82 Å². The van der Waals surface area contributed by atoms with E-state index in [0.29, 0.717) is 17.0 Å². The highest BCUT2D eigenvalue weighted by Gasteiger charge is 2.14. The molecule has 0 spiro atoms. The van der Waals surface area contributed by atoms with Gasteiger partial charge in [-0.3, -0.25) is 0 Å². The van der Waals surface area contributed by atoms with Gasteiger partial charge in [0, 0.05) is 23.2 Å². The molecule has 1 aromatic carbocycles. The monoisotopic (exact) mass is 466 g/mol. The average Bonchev–Trinajstić information content (AvgIpc) is 2.70. The number of allylic oxidation sites excluding steroid dienone is 4. The highest BCUT2D eigenvalue weighted by molar-refractivity contribution is 7.92. The Morgan fingerprint density at radius 1 is 1.19 bits per heavy atom. The summed E-state index contributed by atoms with van der Waals surface area (Å²) in [7, 11) is -6.15. The molecule has 1 aliphatic rings. The van der Waals surface area contributed by atoms with Crippen LogP contribution in [0.3, 0.4) is 0 Å².